The molecule has 0 aliphatic heterocycles. The Bertz CT molecular complexity index is 225. The highest BCUT2D eigenvalue weighted by Gasteiger charge is 2.50. The van der Waals surface area contributed by atoms with Crippen LogP contribution in [-0.2, 0) is 4.79 Å². The quantitative estimate of drug-likeness (QED) is 0.723. The van der Waals surface area contributed by atoms with Crippen molar-refractivity contribution >= 4 is 17.7 Å². The molecule has 15 heavy (non-hydrogen) atoms. The molecule has 1 fully saturated rings. The molecule has 88 valence electrons. The number of carbonyl (C=O) groups excluding carboxylic acids is 1. The van der Waals surface area contributed by atoms with E-state index in [4.69, 9.17) is 5.11 Å². The van der Waals surface area contributed by atoms with Crippen LogP contribution in [0.5, 0.6) is 0 Å². The number of hydrogen-bond donors (Lipinski definition) is 2. The lowest BCUT2D eigenvalue weighted by Crippen LogP contribution is -2.38. The van der Waals surface area contributed by atoms with E-state index in [0.29, 0.717) is 6.42 Å². The van der Waals surface area contributed by atoms with Gasteiger partial charge in [0.2, 0.25) is 5.91 Å². The summed E-state index contributed by atoms with van der Waals surface area (Å²) in [6.45, 7) is 4.37. The molecule has 3 nitrogen and oxygen atoms in total. The number of thioether (sulfide) groups is 1. The average Bonchev–Trinajstić information content (AvgIpc) is 2.76. The molecule has 1 saturated carbocycles. The summed E-state index contributed by atoms with van der Waals surface area (Å²) in [4.78, 5) is 11.8. The fraction of sp³-hybridized carbons (Fsp3) is 0.909. The molecular formula is C11H21NO2S. The van der Waals surface area contributed by atoms with Crippen LogP contribution in [0.25, 0.3) is 0 Å². The lowest BCUT2D eigenvalue weighted by Gasteiger charge is -2.17. The molecule has 1 aliphatic rings. The number of carbonyl (C=O) groups is 1. The van der Waals surface area contributed by atoms with Crippen LogP contribution < -0.4 is 5.32 Å². The molecule has 1 rings (SSSR count). The Balaban J connectivity index is 2.34. The second-order valence-electron chi connectivity index (χ2n) is 4.92. The summed E-state index contributed by atoms with van der Waals surface area (Å²) >= 11 is 1.70. The van der Waals surface area contributed by atoms with Crippen LogP contribution in [0.4, 0.5) is 0 Å². The number of rotatable bonds is 6. The number of aliphatic hydroxyl groups is 1. The maximum atomic E-state index is 11.8. The molecule has 0 heterocycles. The normalized spacial score (nSPS) is 24.7. The molecular weight excluding hydrogens is 210 g/mol. The van der Waals surface area contributed by atoms with Crippen molar-refractivity contribution < 1.29 is 9.90 Å². The first-order valence-corrected chi connectivity index (χ1v) is 6.81. The van der Waals surface area contributed by atoms with Gasteiger partial charge in [0.05, 0.1) is 0 Å². The fourth-order valence-electron chi connectivity index (χ4n) is 1.77. The molecule has 0 aromatic rings. The van der Waals surface area contributed by atoms with E-state index in [-0.39, 0.29) is 29.9 Å². The van der Waals surface area contributed by atoms with Gasteiger partial charge in [-0.3, -0.25) is 4.79 Å². The number of nitrogens with one attached hydrogen (secondary N) is 1. The molecule has 2 N–H and O–H groups in total. The third-order valence-corrected chi connectivity index (χ3v) is 3.76. The van der Waals surface area contributed by atoms with Gasteiger partial charge in [-0.2, -0.15) is 11.8 Å². The van der Waals surface area contributed by atoms with Crippen molar-refractivity contribution in [2.75, 3.05) is 18.6 Å². The molecule has 0 radical (unpaired) electrons. The van der Waals surface area contributed by atoms with Gasteiger partial charge in [0, 0.05) is 24.3 Å². The average molecular weight is 231 g/mol. The molecule has 1 aliphatic carbocycles. The molecule has 0 saturated heterocycles. The maximum Gasteiger partial charge on any atom is 0.223 e. The smallest absolute Gasteiger partial charge is 0.223 e. The van der Waals surface area contributed by atoms with Gasteiger partial charge < -0.3 is 10.4 Å². The lowest BCUT2D eigenvalue weighted by molar-refractivity contribution is -0.123. The Kier molecular flexibility index (Phi) is 4.46. The van der Waals surface area contributed by atoms with Gasteiger partial charge in [-0.15, -0.1) is 0 Å². The van der Waals surface area contributed by atoms with Gasteiger partial charge in [-0.1, -0.05) is 13.8 Å². The van der Waals surface area contributed by atoms with Gasteiger partial charge in [0.1, 0.15) is 0 Å². The van der Waals surface area contributed by atoms with Gasteiger partial charge in [-0.05, 0) is 24.5 Å². The van der Waals surface area contributed by atoms with E-state index in [1.807, 2.05) is 6.26 Å². The van der Waals surface area contributed by atoms with Crippen molar-refractivity contribution in [1.82, 2.24) is 5.32 Å². The van der Waals surface area contributed by atoms with E-state index >= 15 is 0 Å². The SMILES string of the molecule is CSCC(CCO)NC(=O)C1CC1(C)C. The highest BCUT2D eigenvalue weighted by atomic mass is 32.2. The molecule has 4 heteroatoms. The minimum absolute atomic E-state index is 0.119. The highest BCUT2D eigenvalue weighted by molar-refractivity contribution is 7.98. The van der Waals surface area contributed by atoms with E-state index in [2.05, 4.69) is 19.2 Å². The zero-order valence-electron chi connectivity index (χ0n) is 9.75. The number of aliphatic hydroxyl groups excluding tert-OH is 1. The zero-order valence-corrected chi connectivity index (χ0v) is 10.6. The first kappa shape index (κ1) is 12.8. The summed E-state index contributed by atoms with van der Waals surface area (Å²) in [6.07, 6.45) is 3.65. The van der Waals surface area contributed by atoms with E-state index in [1.54, 1.807) is 11.8 Å². The van der Waals surface area contributed by atoms with Crippen molar-refractivity contribution in [3.05, 3.63) is 0 Å². The summed E-state index contributed by atoms with van der Waals surface area (Å²) in [7, 11) is 0. The summed E-state index contributed by atoms with van der Waals surface area (Å²) in [6, 6.07) is 0.119. The predicted molar refractivity (Wildman–Crippen MR) is 63.9 cm³/mol. The minimum atomic E-state index is 0.119. The molecule has 0 aromatic carbocycles. The van der Waals surface area contributed by atoms with E-state index in [1.165, 1.54) is 0 Å². The van der Waals surface area contributed by atoms with Gasteiger partial charge in [0.15, 0.2) is 0 Å². The van der Waals surface area contributed by atoms with Crippen LogP contribution in [0.2, 0.25) is 0 Å². The Morgan fingerprint density at radius 3 is 2.67 bits per heavy atom. The number of amides is 1. The maximum absolute atomic E-state index is 11.8. The summed E-state index contributed by atoms with van der Waals surface area (Å²) in [5.41, 5.74) is 0.188. The largest absolute Gasteiger partial charge is 0.396 e. The third-order valence-electron chi connectivity index (χ3n) is 3.02. The van der Waals surface area contributed by atoms with Crippen LogP contribution in [0, 0.1) is 11.3 Å². The van der Waals surface area contributed by atoms with Crippen molar-refractivity contribution in [3.63, 3.8) is 0 Å². The summed E-state index contributed by atoms with van der Waals surface area (Å²) < 4.78 is 0. The van der Waals surface area contributed by atoms with Gasteiger partial charge in [0.25, 0.3) is 0 Å². The third kappa shape index (κ3) is 3.68. The topological polar surface area (TPSA) is 49.3 Å². The second-order valence-corrected chi connectivity index (χ2v) is 5.83. The predicted octanol–water partition coefficient (Wildman–Crippen LogP) is 1.26. The van der Waals surface area contributed by atoms with Gasteiger partial charge in [-0.25, -0.2) is 0 Å². The Morgan fingerprint density at radius 2 is 2.27 bits per heavy atom. The summed E-state index contributed by atoms with van der Waals surface area (Å²) in [5, 5.41) is 11.9. The molecule has 0 spiro atoms. The molecule has 0 bridgehead atoms. The Hall–Kier alpha value is -0.220. The highest BCUT2D eigenvalue weighted by Crippen LogP contribution is 2.51. The first-order chi connectivity index (χ1) is 7.01. The standard InChI is InChI=1S/C11H21NO2S/c1-11(2)6-9(11)10(14)12-8(4-5-13)7-15-3/h8-9,13H,4-7H2,1-3H3,(H,12,14). The minimum Gasteiger partial charge on any atom is -0.396 e. The Labute approximate surface area is 96.0 Å². The van der Waals surface area contributed by atoms with Crippen molar-refractivity contribution in [3.8, 4) is 0 Å². The van der Waals surface area contributed by atoms with E-state index in [0.717, 1.165) is 12.2 Å². The summed E-state index contributed by atoms with van der Waals surface area (Å²) in [5.74, 6) is 1.22. The van der Waals surface area contributed by atoms with Crippen LogP contribution in [0.15, 0.2) is 0 Å². The van der Waals surface area contributed by atoms with E-state index < -0.39 is 0 Å². The fourth-order valence-corrected chi connectivity index (χ4v) is 2.42. The zero-order chi connectivity index (χ0) is 11.5. The van der Waals surface area contributed by atoms with Crippen LogP contribution in [0.3, 0.4) is 0 Å². The van der Waals surface area contributed by atoms with Crippen molar-refractivity contribution in [2.24, 2.45) is 11.3 Å². The monoisotopic (exact) mass is 231 g/mol. The molecule has 0 aromatic heterocycles. The molecule has 2 unspecified atom stereocenters. The number of hydrogen-bond acceptors (Lipinski definition) is 3. The van der Waals surface area contributed by atoms with Gasteiger partial charge >= 0.3 is 0 Å². The Morgan fingerprint density at radius 1 is 1.67 bits per heavy atom. The van der Waals surface area contributed by atoms with Crippen molar-refractivity contribution in [2.45, 2.75) is 32.7 Å². The first-order valence-electron chi connectivity index (χ1n) is 5.41. The van der Waals surface area contributed by atoms with Crippen LogP contribution in [0.1, 0.15) is 26.7 Å². The molecule has 1 amide bonds. The van der Waals surface area contributed by atoms with Crippen LogP contribution >= 0.6 is 11.8 Å². The lowest BCUT2D eigenvalue weighted by atomic mass is 10.1. The van der Waals surface area contributed by atoms with Crippen LogP contribution in [-0.4, -0.2) is 35.7 Å². The van der Waals surface area contributed by atoms with E-state index in [9.17, 15) is 4.79 Å². The molecule has 2 atom stereocenters. The second kappa shape index (κ2) is 5.21. The van der Waals surface area contributed by atoms with Crippen molar-refractivity contribution in [1.29, 1.82) is 0 Å².